The van der Waals surface area contributed by atoms with Crippen molar-refractivity contribution in [2.75, 3.05) is 0 Å². The number of hydrogen-bond donors (Lipinski definition) is 0. The highest BCUT2D eigenvalue weighted by molar-refractivity contribution is 6.30. The molecule has 1 atom stereocenters. The Hall–Kier alpha value is -2.66. The first-order chi connectivity index (χ1) is 11.6. The molecule has 1 aromatic heterocycles. The van der Waals surface area contributed by atoms with Gasteiger partial charge in [0.15, 0.2) is 5.78 Å². The van der Waals surface area contributed by atoms with Crippen molar-refractivity contribution in [2.24, 2.45) is 0 Å². The van der Waals surface area contributed by atoms with Crippen molar-refractivity contribution in [3.05, 3.63) is 82.0 Å². The Bertz CT molecular complexity index is 898. The molecule has 0 fully saturated rings. The number of aromatic nitrogens is 3. The molecule has 3 aromatic rings. The second-order valence-corrected chi connectivity index (χ2v) is 5.80. The molecule has 0 radical (unpaired) electrons. The number of benzene rings is 2. The van der Waals surface area contributed by atoms with Gasteiger partial charge in [-0.3, -0.25) is 4.79 Å². The van der Waals surface area contributed by atoms with Gasteiger partial charge in [-0.25, -0.2) is 14.0 Å². The van der Waals surface area contributed by atoms with Crippen molar-refractivity contribution in [2.45, 2.75) is 19.4 Å². The summed E-state index contributed by atoms with van der Waals surface area (Å²) in [4.78, 5) is 25.4. The molecule has 0 N–H and O–H groups in total. The molecule has 3 rings (SSSR count). The van der Waals surface area contributed by atoms with Gasteiger partial charge in [-0.05, 0) is 42.8 Å². The maximum Gasteiger partial charge on any atom is 0.351 e. The van der Waals surface area contributed by atoms with E-state index >= 15 is 0 Å². The summed E-state index contributed by atoms with van der Waals surface area (Å²) in [5.41, 5.74) is 0.880. The van der Waals surface area contributed by atoms with Gasteiger partial charge < -0.3 is 0 Å². The molecule has 0 saturated heterocycles. The lowest BCUT2D eigenvalue weighted by Crippen LogP contribution is -2.31. The second kappa shape index (κ2) is 6.84. The fraction of sp³-hybridized carbons (Fsp3) is 0.167. The first-order valence-electron chi connectivity index (χ1n) is 7.63. The highest BCUT2D eigenvalue weighted by atomic mass is 35.5. The highest BCUT2D eigenvalue weighted by Gasteiger charge is 2.24. The normalized spacial score (nSPS) is 12.1. The zero-order valence-electron chi connectivity index (χ0n) is 13.1. The monoisotopic (exact) mass is 341 g/mol. The molecule has 0 aliphatic heterocycles. The number of nitrogens with zero attached hydrogens (tertiary/aromatic N) is 3. The van der Waals surface area contributed by atoms with E-state index < -0.39 is 6.04 Å². The Morgan fingerprint density at radius 1 is 1.12 bits per heavy atom. The quantitative estimate of drug-likeness (QED) is 0.667. The fourth-order valence-corrected chi connectivity index (χ4v) is 2.70. The van der Waals surface area contributed by atoms with Crippen LogP contribution >= 0.6 is 11.6 Å². The summed E-state index contributed by atoms with van der Waals surface area (Å²) in [5, 5.41) is 4.71. The van der Waals surface area contributed by atoms with Gasteiger partial charge in [0.2, 0.25) is 0 Å². The molecule has 0 aliphatic carbocycles. The molecule has 1 unspecified atom stereocenters. The van der Waals surface area contributed by atoms with E-state index in [1.165, 1.54) is 15.6 Å². The average molecular weight is 342 g/mol. The van der Waals surface area contributed by atoms with E-state index in [2.05, 4.69) is 5.10 Å². The topological polar surface area (TPSA) is 56.9 Å². The predicted octanol–water partition coefficient (Wildman–Crippen LogP) is 3.52. The number of carbonyl (C=O) groups excluding carboxylic acids is 1. The zero-order chi connectivity index (χ0) is 17.1. The smallest absolute Gasteiger partial charge is 0.292 e. The summed E-state index contributed by atoms with van der Waals surface area (Å²) in [5.74, 6) is -0.158. The van der Waals surface area contributed by atoms with Gasteiger partial charge in [-0.2, -0.15) is 5.10 Å². The minimum atomic E-state index is -0.649. The summed E-state index contributed by atoms with van der Waals surface area (Å²) in [6.07, 6.45) is 1.91. The van der Waals surface area contributed by atoms with E-state index in [1.807, 2.05) is 37.3 Å². The van der Waals surface area contributed by atoms with Crippen LogP contribution in [0.3, 0.4) is 0 Å². The van der Waals surface area contributed by atoms with Gasteiger partial charge in [0.05, 0.1) is 5.69 Å². The Morgan fingerprint density at radius 2 is 1.79 bits per heavy atom. The van der Waals surface area contributed by atoms with Crippen LogP contribution in [0.4, 0.5) is 0 Å². The molecule has 0 aliphatic rings. The lowest BCUT2D eigenvalue weighted by atomic mass is 10.0. The van der Waals surface area contributed by atoms with Gasteiger partial charge in [-0.1, -0.05) is 36.7 Å². The van der Waals surface area contributed by atoms with Crippen LogP contribution in [0, 0.1) is 0 Å². The van der Waals surface area contributed by atoms with E-state index in [-0.39, 0.29) is 11.5 Å². The van der Waals surface area contributed by atoms with Crippen LogP contribution in [0.25, 0.3) is 5.69 Å². The zero-order valence-corrected chi connectivity index (χ0v) is 13.8. The summed E-state index contributed by atoms with van der Waals surface area (Å²) in [7, 11) is 0. The number of carbonyl (C=O) groups is 1. The van der Waals surface area contributed by atoms with Crippen molar-refractivity contribution in [1.82, 2.24) is 14.3 Å². The van der Waals surface area contributed by atoms with E-state index in [0.717, 1.165) is 0 Å². The molecule has 0 spiro atoms. The number of para-hydroxylation sites is 1. The molecule has 1 heterocycles. The van der Waals surface area contributed by atoms with Crippen LogP contribution in [-0.2, 0) is 0 Å². The molecule has 5 nitrogen and oxygen atoms in total. The third-order valence-electron chi connectivity index (χ3n) is 3.84. The van der Waals surface area contributed by atoms with E-state index in [0.29, 0.717) is 22.7 Å². The molecule has 0 bridgehead atoms. The lowest BCUT2D eigenvalue weighted by molar-refractivity contribution is 0.0911. The fourth-order valence-electron chi connectivity index (χ4n) is 2.57. The third kappa shape index (κ3) is 3.03. The maximum atomic E-state index is 12.7. The van der Waals surface area contributed by atoms with E-state index in [1.54, 1.807) is 24.3 Å². The first-order valence-corrected chi connectivity index (χ1v) is 8.01. The minimum absolute atomic E-state index is 0.158. The number of rotatable bonds is 5. The van der Waals surface area contributed by atoms with Crippen molar-refractivity contribution >= 4 is 17.4 Å². The molecular formula is C18H16ClN3O2. The van der Waals surface area contributed by atoms with Crippen molar-refractivity contribution in [1.29, 1.82) is 0 Å². The molecule has 0 amide bonds. The number of hydrogen-bond acceptors (Lipinski definition) is 3. The van der Waals surface area contributed by atoms with Gasteiger partial charge in [0.25, 0.3) is 0 Å². The number of ketones is 1. The Balaban J connectivity index is 1.97. The first kappa shape index (κ1) is 16.2. The van der Waals surface area contributed by atoms with Crippen LogP contribution in [0.2, 0.25) is 5.02 Å². The van der Waals surface area contributed by atoms with Gasteiger partial charge in [0, 0.05) is 10.6 Å². The minimum Gasteiger partial charge on any atom is -0.292 e. The highest BCUT2D eigenvalue weighted by Crippen LogP contribution is 2.18. The predicted molar refractivity (Wildman–Crippen MR) is 92.9 cm³/mol. The molecule has 122 valence electrons. The van der Waals surface area contributed by atoms with E-state index in [4.69, 9.17) is 11.6 Å². The molecule has 24 heavy (non-hydrogen) atoms. The molecule has 6 heteroatoms. The van der Waals surface area contributed by atoms with Crippen LogP contribution < -0.4 is 5.69 Å². The largest absolute Gasteiger partial charge is 0.351 e. The summed E-state index contributed by atoms with van der Waals surface area (Å²) in [6, 6.07) is 15.2. The van der Waals surface area contributed by atoms with Crippen LogP contribution in [-0.4, -0.2) is 20.1 Å². The van der Waals surface area contributed by atoms with Gasteiger partial charge in [-0.15, -0.1) is 0 Å². The van der Waals surface area contributed by atoms with Crippen LogP contribution in [0.15, 0.2) is 65.7 Å². The van der Waals surface area contributed by atoms with Gasteiger partial charge >= 0.3 is 5.69 Å². The lowest BCUT2D eigenvalue weighted by Gasteiger charge is -2.13. The standard InChI is InChI=1S/C18H16ClN3O2/c1-2-16(17(23)13-8-10-14(19)11-9-13)22-18(24)21(12-20-22)15-6-4-3-5-7-15/h3-12,16H,2H2,1H3. The third-order valence-corrected chi connectivity index (χ3v) is 4.09. The summed E-state index contributed by atoms with van der Waals surface area (Å²) < 4.78 is 2.67. The average Bonchev–Trinajstić information content (AvgIpc) is 2.98. The number of halogens is 1. The van der Waals surface area contributed by atoms with Crippen molar-refractivity contribution < 1.29 is 4.79 Å². The summed E-state index contributed by atoms with van der Waals surface area (Å²) in [6.45, 7) is 1.85. The second-order valence-electron chi connectivity index (χ2n) is 5.36. The maximum absolute atomic E-state index is 12.7. The summed E-state index contributed by atoms with van der Waals surface area (Å²) >= 11 is 5.86. The van der Waals surface area contributed by atoms with E-state index in [9.17, 15) is 9.59 Å². The SMILES string of the molecule is CCC(C(=O)c1ccc(Cl)cc1)n1ncn(-c2ccccc2)c1=O. The Kier molecular flexibility index (Phi) is 4.62. The van der Waals surface area contributed by atoms with Crippen LogP contribution in [0.5, 0.6) is 0 Å². The molecule has 2 aromatic carbocycles. The molecule has 0 saturated carbocycles. The van der Waals surface area contributed by atoms with Crippen molar-refractivity contribution in [3.63, 3.8) is 0 Å². The van der Waals surface area contributed by atoms with Crippen LogP contribution in [0.1, 0.15) is 29.7 Å². The number of Topliss-reactive ketones (excluding diaryl/α,β-unsaturated/α-hetero) is 1. The Morgan fingerprint density at radius 3 is 2.42 bits per heavy atom. The molecular weight excluding hydrogens is 326 g/mol. The Labute approximate surface area is 144 Å². The van der Waals surface area contributed by atoms with Gasteiger partial charge in [0.1, 0.15) is 12.4 Å². The van der Waals surface area contributed by atoms with Crippen molar-refractivity contribution in [3.8, 4) is 5.69 Å².